The molecule has 0 unspecified atom stereocenters. The van der Waals surface area contributed by atoms with E-state index >= 15 is 0 Å². The summed E-state index contributed by atoms with van der Waals surface area (Å²) in [6.07, 6.45) is 12.8. The molecule has 0 saturated heterocycles. The maximum absolute atomic E-state index is 13.7. The van der Waals surface area contributed by atoms with Gasteiger partial charge in [0, 0.05) is 0 Å². The fourth-order valence-corrected chi connectivity index (χ4v) is 3.64. The molecule has 1 aliphatic carbocycles. The monoisotopic (exact) mass is 358 g/mol. The van der Waals surface area contributed by atoms with Crippen molar-refractivity contribution in [1.29, 1.82) is 0 Å². The van der Waals surface area contributed by atoms with Gasteiger partial charge in [0.25, 0.3) is 0 Å². The second-order valence-electron chi connectivity index (χ2n) is 6.84. The van der Waals surface area contributed by atoms with Crippen LogP contribution in [0.5, 0.6) is 5.75 Å². The van der Waals surface area contributed by atoms with Gasteiger partial charge >= 0.3 is 6.61 Å². The zero-order chi connectivity index (χ0) is 18.2. The van der Waals surface area contributed by atoms with E-state index in [1.807, 2.05) is 6.92 Å². The SMILES string of the molecule is C/C=C/CCC1CCC(CCc2cc(F)c(OC(F)F)c(F)c2)CC1. The van der Waals surface area contributed by atoms with Crippen molar-refractivity contribution < 1.29 is 22.3 Å². The van der Waals surface area contributed by atoms with Crippen LogP contribution in [0.15, 0.2) is 24.3 Å². The van der Waals surface area contributed by atoms with E-state index in [1.54, 1.807) is 0 Å². The summed E-state index contributed by atoms with van der Waals surface area (Å²) in [5.74, 6) is -1.78. The first kappa shape index (κ1) is 19.8. The first-order valence-corrected chi connectivity index (χ1v) is 9.03. The number of hydrogen-bond acceptors (Lipinski definition) is 1. The molecule has 0 amide bonds. The van der Waals surface area contributed by atoms with E-state index in [-0.39, 0.29) is 0 Å². The van der Waals surface area contributed by atoms with Gasteiger partial charge in [-0.15, -0.1) is 0 Å². The number of ether oxygens (including phenoxy) is 1. The van der Waals surface area contributed by atoms with Gasteiger partial charge in [0.2, 0.25) is 0 Å². The number of halogens is 4. The van der Waals surface area contributed by atoms with E-state index in [0.717, 1.165) is 43.7 Å². The van der Waals surface area contributed by atoms with Crippen LogP contribution in [-0.2, 0) is 6.42 Å². The standard InChI is InChI=1S/C20H26F4O/c1-2-3-4-5-14-6-8-15(9-7-14)10-11-16-12-17(21)19(18(22)13-16)25-20(23)24/h2-3,12-15,20H,4-11H2,1H3/b3-2+. The minimum atomic E-state index is -3.24. The zero-order valence-electron chi connectivity index (χ0n) is 14.6. The predicted octanol–water partition coefficient (Wildman–Crippen LogP) is 6.66. The molecule has 1 fully saturated rings. The van der Waals surface area contributed by atoms with Crippen LogP contribution in [0.1, 0.15) is 57.4 Å². The third kappa shape index (κ3) is 6.37. The normalized spacial score (nSPS) is 21.2. The van der Waals surface area contributed by atoms with Gasteiger partial charge < -0.3 is 4.74 Å². The van der Waals surface area contributed by atoms with Gasteiger partial charge in [-0.3, -0.25) is 0 Å². The molecule has 0 atom stereocenters. The Balaban J connectivity index is 1.80. The molecular weight excluding hydrogens is 332 g/mol. The van der Waals surface area contributed by atoms with Gasteiger partial charge in [-0.05, 0) is 62.1 Å². The van der Waals surface area contributed by atoms with E-state index in [4.69, 9.17) is 0 Å². The van der Waals surface area contributed by atoms with E-state index in [2.05, 4.69) is 16.9 Å². The highest BCUT2D eigenvalue weighted by Gasteiger charge is 2.21. The summed E-state index contributed by atoms with van der Waals surface area (Å²) in [7, 11) is 0. The maximum Gasteiger partial charge on any atom is 0.387 e. The first-order valence-electron chi connectivity index (χ1n) is 9.03. The molecule has 1 nitrogen and oxygen atoms in total. The van der Waals surface area contributed by atoms with E-state index < -0.39 is 24.0 Å². The van der Waals surface area contributed by atoms with Crippen molar-refractivity contribution >= 4 is 0 Å². The van der Waals surface area contributed by atoms with Gasteiger partial charge in [0.15, 0.2) is 17.4 Å². The highest BCUT2D eigenvalue weighted by atomic mass is 19.3. The molecule has 0 spiro atoms. The Hall–Kier alpha value is -1.52. The molecule has 0 bridgehead atoms. The van der Waals surface area contributed by atoms with Crippen LogP contribution in [0.25, 0.3) is 0 Å². The third-order valence-corrected chi connectivity index (χ3v) is 5.05. The topological polar surface area (TPSA) is 9.23 Å². The van der Waals surface area contributed by atoms with Gasteiger partial charge in [0.1, 0.15) is 0 Å². The van der Waals surface area contributed by atoms with Crippen LogP contribution < -0.4 is 4.74 Å². The molecular formula is C20H26F4O. The Morgan fingerprint density at radius 1 is 1.04 bits per heavy atom. The summed E-state index contributed by atoms with van der Waals surface area (Å²) >= 11 is 0. The molecule has 2 rings (SSSR count). The molecule has 1 saturated carbocycles. The third-order valence-electron chi connectivity index (χ3n) is 5.05. The van der Waals surface area contributed by atoms with Crippen molar-refractivity contribution in [2.75, 3.05) is 0 Å². The summed E-state index contributed by atoms with van der Waals surface area (Å²) in [5, 5.41) is 0. The largest absolute Gasteiger partial charge is 0.429 e. The number of rotatable bonds is 8. The fraction of sp³-hybridized carbons (Fsp3) is 0.600. The van der Waals surface area contributed by atoms with Crippen molar-refractivity contribution in [2.24, 2.45) is 11.8 Å². The van der Waals surface area contributed by atoms with E-state index in [1.165, 1.54) is 19.3 Å². The van der Waals surface area contributed by atoms with Crippen LogP contribution in [-0.4, -0.2) is 6.61 Å². The number of hydrogen-bond donors (Lipinski definition) is 0. The molecule has 0 aliphatic heterocycles. The highest BCUT2D eigenvalue weighted by Crippen LogP contribution is 2.34. The molecule has 5 heteroatoms. The summed E-state index contributed by atoms with van der Waals surface area (Å²) in [5.41, 5.74) is 0.492. The average molecular weight is 358 g/mol. The van der Waals surface area contributed by atoms with Gasteiger partial charge in [0.05, 0.1) is 0 Å². The van der Waals surface area contributed by atoms with Gasteiger partial charge in [-0.2, -0.15) is 8.78 Å². The van der Waals surface area contributed by atoms with Crippen LogP contribution in [0.2, 0.25) is 0 Å². The second kappa shape index (κ2) is 9.83. The number of allylic oxidation sites excluding steroid dienone is 2. The van der Waals surface area contributed by atoms with Crippen molar-refractivity contribution in [2.45, 2.75) is 64.9 Å². The lowest BCUT2D eigenvalue weighted by Gasteiger charge is -2.28. The fourth-order valence-electron chi connectivity index (χ4n) is 3.64. The summed E-state index contributed by atoms with van der Waals surface area (Å²) in [6.45, 7) is -1.20. The van der Waals surface area contributed by atoms with Gasteiger partial charge in [-0.25, -0.2) is 8.78 Å². The number of benzene rings is 1. The maximum atomic E-state index is 13.7. The van der Waals surface area contributed by atoms with Crippen molar-refractivity contribution in [3.63, 3.8) is 0 Å². The van der Waals surface area contributed by atoms with Crippen LogP contribution in [0.3, 0.4) is 0 Å². The lowest BCUT2D eigenvalue weighted by atomic mass is 9.78. The second-order valence-corrected chi connectivity index (χ2v) is 6.84. The average Bonchev–Trinajstić information content (AvgIpc) is 2.57. The minimum absolute atomic E-state index is 0.492. The molecule has 1 aromatic rings. The minimum Gasteiger partial charge on any atom is -0.429 e. The Kier molecular flexibility index (Phi) is 7.79. The molecule has 0 heterocycles. The lowest BCUT2D eigenvalue weighted by molar-refractivity contribution is -0.0546. The molecule has 1 aliphatic rings. The summed E-state index contributed by atoms with van der Waals surface area (Å²) < 4.78 is 55.6. The van der Waals surface area contributed by atoms with E-state index in [0.29, 0.717) is 17.9 Å². The van der Waals surface area contributed by atoms with Crippen LogP contribution in [0, 0.1) is 23.5 Å². The highest BCUT2D eigenvalue weighted by molar-refractivity contribution is 5.31. The van der Waals surface area contributed by atoms with Gasteiger partial charge in [-0.1, -0.05) is 37.8 Å². The zero-order valence-corrected chi connectivity index (χ0v) is 14.6. The Bertz CT molecular complexity index is 540. The smallest absolute Gasteiger partial charge is 0.387 e. The number of aryl methyl sites for hydroxylation is 1. The molecule has 1 aromatic carbocycles. The quantitative estimate of drug-likeness (QED) is 0.373. The molecule has 25 heavy (non-hydrogen) atoms. The Morgan fingerprint density at radius 3 is 2.12 bits per heavy atom. The van der Waals surface area contributed by atoms with Crippen molar-refractivity contribution in [1.82, 2.24) is 0 Å². The number of alkyl halides is 2. The van der Waals surface area contributed by atoms with Crippen molar-refractivity contribution in [3.8, 4) is 5.75 Å². The van der Waals surface area contributed by atoms with Crippen molar-refractivity contribution in [3.05, 3.63) is 41.5 Å². The lowest BCUT2D eigenvalue weighted by Crippen LogP contribution is -2.15. The Morgan fingerprint density at radius 2 is 1.60 bits per heavy atom. The predicted molar refractivity (Wildman–Crippen MR) is 90.8 cm³/mol. The summed E-state index contributed by atoms with van der Waals surface area (Å²) in [6, 6.07) is 2.20. The Labute approximate surface area is 147 Å². The summed E-state index contributed by atoms with van der Waals surface area (Å²) in [4.78, 5) is 0. The molecule has 140 valence electrons. The van der Waals surface area contributed by atoms with Crippen LogP contribution >= 0.6 is 0 Å². The molecule has 0 radical (unpaired) electrons. The van der Waals surface area contributed by atoms with Crippen LogP contribution in [0.4, 0.5) is 17.6 Å². The first-order chi connectivity index (χ1) is 12.0. The molecule has 0 aromatic heterocycles. The molecule has 0 N–H and O–H groups in total. The van der Waals surface area contributed by atoms with E-state index in [9.17, 15) is 17.6 Å².